The minimum absolute atomic E-state index is 0.0534. The second-order valence-corrected chi connectivity index (χ2v) is 4.60. The van der Waals surface area contributed by atoms with Gasteiger partial charge in [0.1, 0.15) is 22.8 Å². The predicted molar refractivity (Wildman–Crippen MR) is 70.7 cm³/mol. The smallest absolute Gasteiger partial charge is 0.152 e. The molecule has 0 saturated carbocycles. The van der Waals surface area contributed by atoms with Crippen LogP contribution >= 0.6 is 15.9 Å². The molecule has 100 valence electrons. The Bertz CT molecular complexity index is 560. The molecule has 0 radical (unpaired) electrons. The Morgan fingerprint density at radius 3 is 2.53 bits per heavy atom. The number of benzene rings is 1. The first-order valence-corrected chi connectivity index (χ1v) is 6.31. The molecule has 0 saturated heterocycles. The zero-order valence-electron chi connectivity index (χ0n) is 9.82. The second kappa shape index (κ2) is 6.08. The van der Waals surface area contributed by atoms with Crippen LogP contribution in [0.2, 0.25) is 0 Å². The molecule has 1 aromatic heterocycles. The zero-order valence-corrected chi connectivity index (χ0v) is 11.4. The molecule has 0 aliphatic rings. The number of halogens is 3. The molecule has 6 heteroatoms. The van der Waals surface area contributed by atoms with Gasteiger partial charge in [-0.1, -0.05) is 6.07 Å². The average molecular weight is 329 g/mol. The van der Waals surface area contributed by atoms with Crippen molar-refractivity contribution in [1.29, 1.82) is 0 Å². The standard InChI is InChI=1S/C13H11BrF2N2O/c14-13-11(5-2-6-18-13)19-7-10(17)12-8(15)3-1-4-9(12)16/h1-6,10H,7,17H2/t10-/m0/s1. The largest absolute Gasteiger partial charge is 0.489 e. The van der Waals surface area contributed by atoms with Crippen LogP contribution in [0.1, 0.15) is 11.6 Å². The monoisotopic (exact) mass is 328 g/mol. The Balaban J connectivity index is 2.10. The quantitative estimate of drug-likeness (QED) is 0.877. The van der Waals surface area contributed by atoms with Crippen LogP contribution < -0.4 is 10.5 Å². The van der Waals surface area contributed by atoms with Crippen molar-refractivity contribution in [1.82, 2.24) is 4.98 Å². The number of aromatic nitrogens is 1. The first-order valence-electron chi connectivity index (χ1n) is 5.52. The highest BCUT2D eigenvalue weighted by molar-refractivity contribution is 9.10. The fraction of sp³-hybridized carbons (Fsp3) is 0.154. The highest BCUT2D eigenvalue weighted by Crippen LogP contribution is 2.24. The molecular weight excluding hydrogens is 318 g/mol. The average Bonchev–Trinajstić information content (AvgIpc) is 2.37. The highest BCUT2D eigenvalue weighted by Gasteiger charge is 2.17. The van der Waals surface area contributed by atoms with Crippen LogP contribution in [0.4, 0.5) is 8.78 Å². The number of rotatable bonds is 4. The maximum absolute atomic E-state index is 13.5. The van der Waals surface area contributed by atoms with E-state index in [1.807, 2.05) is 0 Å². The molecule has 19 heavy (non-hydrogen) atoms. The lowest BCUT2D eigenvalue weighted by Gasteiger charge is -2.15. The topological polar surface area (TPSA) is 48.1 Å². The molecule has 0 spiro atoms. The summed E-state index contributed by atoms with van der Waals surface area (Å²) >= 11 is 3.21. The van der Waals surface area contributed by atoms with Gasteiger partial charge in [0.25, 0.3) is 0 Å². The maximum Gasteiger partial charge on any atom is 0.152 e. The van der Waals surface area contributed by atoms with Crippen LogP contribution in [0.15, 0.2) is 41.1 Å². The van der Waals surface area contributed by atoms with Gasteiger partial charge in [-0.3, -0.25) is 0 Å². The number of nitrogens with two attached hydrogens (primary N) is 1. The van der Waals surface area contributed by atoms with Gasteiger partial charge in [0.05, 0.1) is 6.04 Å². The summed E-state index contributed by atoms with van der Waals surface area (Å²) in [6.07, 6.45) is 1.59. The third kappa shape index (κ3) is 3.27. The molecule has 0 aliphatic carbocycles. The molecule has 0 fully saturated rings. The Labute approximate surface area is 117 Å². The first kappa shape index (κ1) is 13.9. The van der Waals surface area contributed by atoms with Crippen LogP contribution in [-0.4, -0.2) is 11.6 Å². The highest BCUT2D eigenvalue weighted by atomic mass is 79.9. The van der Waals surface area contributed by atoms with Crippen molar-refractivity contribution in [3.8, 4) is 5.75 Å². The van der Waals surface area contributed by atoms with Crippen molar-refractivity contribution in [3.05, 3.63) is 58.3 Å². The Morgan fingerprint density at radius 1 is 1.21 bits per heavy atom. The first-order chi connectivity index (χ1) is 9.09. The molecular formula is C13H11BrF2N2O. The van der Waals surface area contributed by atoms with E-state index in [9.17, 15) is 8.78 Å². The van der Waals surface area contributed by atoms with Crippen LogP contribution in [0.3, 0.4) is 0 Å². The predicted octanol–water partition coefficient (Wildman–Crippen LogP) is 3.20. The SMILES string of the molecule is N[C@@H](COc1cccnc1Br)c1c(F)cccc1F. The van der Waals surface area contributed by atoms with Gasteiger partial charge in [-0.05, 0) is 40.2 Å². The fourth-order valence-corrected chi connectivity index (χ4v) is 1.97. The lowest BCUT2D eigenvalue weighted by molar-refractivity contribution is 0.281. The van der Waals surface area contributed by atoms with Gasteiger partial charge >= 0.3 is 0 Å². The molecule has 0 amide bonds. The maximum atomic E-state index is 13.5. The lowest BCUT2D eigenvalue weighted by Crippen LogP contribution is -2.21. The van der Waals surface area contributed by atoms with Crippen molar-refractivity contribution in [2.75, 3.05) is 6.61 Å². The summed E-state index contributed by atoms with van der Waals surface area (Å²) in [5.74, 6) is -0.891. The molecule has 3 nitrogen and oxygen atoms in total. The summed E-state index contributed by atoms with van der Waals surface area (Å²) in [4.78, 5) is 3.97. The fourth-order valence-electron chi connectivity index (χ4n) is 1.61. The van der Waals surface area contributed by atoms with Crippen molar-refractivity contribution in [3.63, 3.8) is 0 Å². The van der Waals surface area contributed by atoms with E-state index in [0.717, 1.165) is 12.1 Å². The van der Waals surface area contributed by atoms with E-state index in [0.29, 0.717) is 10.4 Å². The number of nitrogens with zero attached hydrogens (tertiary/aromatic N) is 1. The van der Waals surface area contributed by atoms with Gasteiger partial charge in [-0.2, -0.15) is 0 Å². The molecule has 0 aliphatic heterocycles. The van der Waals surface area contributed by atoms with E-state index in [2.05, 4.69) is 20.9 Å². The Kier molecular flexibility index (Phi) is 4.44. The van der Waals surface area contributed by atoms with E-state index in [4.69, 9.17) is 10.5 Å². The van der Waals surface area contributed by atoms with E-state index in [-0.39, 0.29) is 12.2 Å². The van der Waals surface area contributed by atoms with Gasteiger partial charge in [0.2, 0.25) is 0 Å². The lowest BCUT2D eigenvalue weighted by atomic mass is 10.1. The molecule has 1 aromatic carbocycles. The van der Waals surface area contributed by atoms with E-state index >= 15 is 0 Å². The summed E-state index contributed by atoms with van der Waals surface area (Å²) in [7, 11) is 0. The van der Waals surface area contributed by atoms with Crippen molar-refractivity contribution in [2.45, 2.75) is 6.04 Å². The normalized spacial score (nSPS) is 12.2. The van der Waals surface area contributed by atoms with E-state index in [1.54, 1.807) is 18.3 Å². The van der Waals surface area contributed by atoms with Gasteiger partial charge in [-0.25, -0.2) is 13.8 Å². The van der Waals surface area contributed by atoms with Crippen LogP contribution in [0.25, 0.3) is 0 Å². The zero-order chi connectivity index (χ0) is 13.8. The second-order valence-electron chi connectivity index (χ2n) is 3.85. The Morgan fingerprint density at radius 2 is 1.89 bits per heavy atom. The van der Waals surface area contributed by atoms with Crippen molar-refractivity contribution >= 4 is 15.9 Å². The molecule has 0 unspecified atom stereocenters. The van der Waals surface area contributed by atoms with Crippen molar-refractivity contribution < 1.29 is 13.5 Å². The minimum Gasteiger partial charge on any atom is -0.489 e. The molecule has 1 atom stereocenters. The third-order valence-corrected chi connectivity index (χ3v) is 3.11. The molecule has 2 aromatic rings. The van der Waals surface area contributed by atoms with Gasteiger partial charge < -0.3 is 10.5 Å². The van der Waals surface area contributed by atoms with Crippen LogP contribution in [0.5, 0.6) is 5.75 Å². The summed E-state index contributed by atoms with van der Waals surface area (Å²) in [6, 6.07) is 6.10. The molecule has 0 bridgehead atoms. The number of hydrogen-bond acceptors (Lipinski definition) is 3. The summed E-state index contributed by atoms with van der Waals surface area (Å²) < 4.78 is 32.9. The Hall–Kier alpha value is -1.53. The third-order valence-electron chi connectivity index (χ3n) is 2.51. The minimum atomic E-state index is -0.895. The van der Waals surface area contributed by atoms with Crippen LogP contribution in [-0.2, 0) is 0 Å². The molecule has 1 heterocycles. The van der Waals surface area contributed by atoms with Gasteiger partial charge in [0, 0.05) is 11.8 Å². The van der Waals surface area contributed by atoms with E-state index < -0.39 is 17.7 Å². The summed E-state index contributed by atoms with van der Waals surface area (Å²) in [5, 5.41) is 0. The molecule has 2 rings (SSSR count). The summed E-state index contributed by atoms with van der Waals surface area (Å²) in [5.41, 5.74) is 5.58. The summed E-state index contributed by atoms with van der Waals surface area (Å²) in [6.45, 7) is -0.0534. The number of ether oxygens (including phenoxy) is 1. The van der Waals surface area contributed by atoms with Crippen LogP contribution in [0, 0.1) is 11.6 Å². The number of pyridine rings is 1. The number of hydrogen-bond donors (Lipinski definition) is 1. The molecule has 2 N–H and O–H groups in total. The van der Waals surface area contributed by atoms with E-state index in [1.165, 1.54) is 6.07 Å². The van der Waals surface area contributed by atoms with Gasteiger partial charge in [0.15, 0.2) is 5.75 Å². The van der Waals surface area contributed by atoms with Gasteiger partial charge in [-0.15, -0.1) is 0 Å². The van der Waals surface area contributed by atoms with Crippen molar-refractivity contribution in [2.24, 2.45) is 5.73 Å².